The number of sulfonamides is 1. The van der Waals surface area contributed by atoms with Crippen LogP contribution in [0.4, 0.5) is 5.69 Å². The molecule has 0 aliphatic carbocycles. The van der Waals surface area contributed by atoms with Crippen molar-refractivity contribution in [2.45, 2.75) is 44.0 Å². The number of rotatable bonds is 6. The molecule has 2 rings (SSSR count). The van der Waals surface area contributed by atoms with Crippen LogP contribution in [0.15, 0.2) is 34.2 Å². The van der Waals surface area contributed by atoms with Crippen LogP contribution >= 0.6 is 12.4 Å². The van der Waals surface area contributed by atoms with E-state index in [9.17, 15) is 13.2 Å². The van der Waals surface area contributed by atoms with E-state index in [1.165, 1.54) is 12.1 Å². The standard InChI is InChI=1S/C16H24N4O3S.ClH/c1-3-11(2)15(17)16(21)19-12-6-4-7-13(10-12)24(22,23)20-14-8-5-9-18-14;/h4,6-7,10-11,15H,3,5,8-9,17H2,1-2H3,(H,18,20)(H,19,21);1H. The highest BCUT2D eigenvalue weighted by molar-refractivity contribution is 7.90. The summed E-state index contributed by atoms with van der Waals surface area (Å²) < 4.78 is 27.3. The van der Waals surface area contributed by atoms with Crippen molar-refractivity contribution in [1.82, 2.24) is 4.72 Å². The molecular formula is C16H25ClN4O3S. The number of amides is 1. The summed E-state index contributed by atoms with van der Waals surface area (Å²) in [5.74, 6) is 0.189. The van der Waals surface area contributed by atoms with Gasteiger partial charge in [0.25, 0.3) is 10.0 Å². The van der Waals surface area contributed by atoms with Gasteiger partial charge in [0.2, 0.25) is 5.91 Å². The lowest BCUT2D eigenvalue weighted by atomic mass is 9.99. The van der Waals surface area contributed by atoms with Crippen molar-refractivity contribution in [3.05, 3.63) is 24.3 Å². The number of halogens is 1. The third kappa shape index (κ3) is 5.69. The van der Waals surface area contributed by atoms with E-state index in [0.717, 1.165) is 12.8 Å². The van der Waals surface area contributed by atoms with Crippen molar-refractivity contribution in [2.24, 2.45) is 16.6 Å². The molecule has 2 unspecified atom stereocenters. The Morgan fingerprint density at radius 1 is 1.40 bits per heavy atom. The van der Waals surface area contributed by atoms with Gasteiger partial charge < -0.3 is 11.1 Å². The lowest BCUT2D eigenvalue weighted by Gasteiger charge is -2.18. The van der Waals surface area contributed by atoms with Gasteiger partial charge in [-0.3, -0.25) is 14.5 Å². The van der Waals surface area contributed by atoms with Gasteiger partial charge in [-0.05, 0) is 30.5 Å². The molecule has 1 aromatic rings. The molecule has 0 radical (unpaired) electrons. The fourth-order valence-corrected chi connectivity index (χ4v) is 3.45. The van der Waals surface area contributed by atoms with E-state index in [1.807, 2.05) is 13.8 Å². The molecule has 0 bridgehead atoms. The molecule has 0 fully saturated rings. The maximum absolute atomic E-state index is 12.4. The Labute approximate surface area is 154 Å². The van der Waals surface area contributed by atoms with Crippen LogP contribution in [-0.2, 0) is 14.8 Å². The second-order valence-electron chi connectivity index (χ2n) is 5.97. The van der Waals surface area contributed by atoms with E-state index in [2.05, 4.69) is 15.0 Å². The Balaban J connectivity index is 0.00000312. The van der Waals surface area contributed by atoms with Gasteiger partial charge in [0, 0.05) is 18.7 Å². The van der Waals surface area contributed by atoms with Crippen molar-refractivity contribution in [1.29, 1.82) is 0 Å². The fourth-order valence-electron chi connectivity index (χ4n) is 2.32. The average Bonchev–Trinajstić information content (AvgIpc) is 3.05. The van der Waals surface area contributed by atoms with Crippen LogP contribution in [0.5, 0.6) is 0 Å². The van der Waals surface area contributed by atoms with Gasteiger partial charge in [-0.15, -0.1) is 12.4 Å². The third-order valence-corrected chi connectivity index (χ3v) is 5.48. The van der Waals surface area contributed by atoms with E-state index in [4.69, 9.17) is 5.73 Å². The number of anilines is 1. The largest absolute Gasteiger partial charge is 0.325 e. The molecule has 0 spiro atoms. The van der Waals surface area contributed by atoms with Gasteiger partial charge >= 0.3 is 0 Å². The van der Waals surface area contributed by atoms with E-state index in [0.29, 0.717) is 24.5 Å². The average molecular weight is 389 g/mol. The van der Waals surface area contributed by atoms with Crippen molar-refractivity contribution < 1.29 is 13.2 Å². The fraction of sp³-hybridized carbons (Fsp3) is 0.500. The molecule has 2 atom stereocenters. The van der Waals surface area contributed by atoms with Gasteiger partial charge in [0.15, 0.2) is 0 Å². The van der Waals surface area contributed by atoms with Crippen molar-refractivity contribution in [3.8, 4) is 0 Å². The van der Waals surface area contributed by atoms with E-state index >= 15 is 0 Å². The SMILES string of the molecule is CCC(C)C(N)C(=O)Nc1cccc(S(=O)(=O)NC2=NCCC2)c1.Cl. The Bertz CT molecular complexity index is 737. The van der Waals surface area contributed by atoms with Crippen LogP contribution in [0.3, 0.4) is 0 Å². The normalized spacial score (nSPS) is 16.4. The summed E-state index contributed by atoms with van der Waals surface area (Å²) in [6.45, 7) is 4.50. The van der Waals surface area contributed by atoms with Crippen LogP contribution in [0.1, 0.15) is 33.1 Å². The number of carbonyl (C=O) groups is 1. The van der Waals surface area contributed by atoms with Crippen LogP contribution in [0, 0.1) is 5.92 Å². The number of amidine groups is 1. The van der Waals surface area contributed by atoms with Crippen LogP contribution in [0.25, 0.3) is 0 Å². The summed E-state index contributed by atoms with van der Waals surface area (Å²) in [5.41, 5.74) is 6.29. The number of hydrogen-bond acceptors (Lipinski definition) is 5. The van der Waals surface area contributed by atoms with Gasteiger partial charge in [-0.2, -0.15) is 0 Å². The first-order valence-corrected chi connectivity index (χ1v) is 9.54. The van der Waals surface area contributed by atoms with Gasteiger partial charge in [-0.25, -0.2) is 8.42 Å². The van der Waals surface area contributed by atoms with Crippen LogP contribution in [0.2, 0.25) is 0 Å². The highest BCUT2D eigenvalue weighted by atomic mass is 35.5. The quantitative estimate of drug-likeness (QED) is 0.690. The first kappa shape index (κ1) is 21.4. The Morgan fingerprint density at radius 2 is 2.12 bits per heavy atom. The lowest BCUT2D eigenvalue weighted by Crippen LogP contribution is -2.40. The number of benzene rings is 1. The summed E-state index contributed by atoms with van der Waals surface area (Å²) in [4.78, 5) is 16.3. The molecule has 0 saturated carbocycles. The third-order valence-electron chi connectivity index (χ3n) is 4.10. The first-order valence-electron chi connectivity index (χ1n) is 8.06. The Kier molecular flexibility index (Phi) is 7.85. The molecule has 1 aliphatic heterocycles. The summed E-state index contributed by atoms with van der Waals surface area (Å²) in [6.07, 6.45) is 2.26. The van der Waals surface area contributed by atoms with Crippen LogP contribution < -0.4 is 15.8 Å². The monoisotopic (exact) mass is 388 g/mol. The van der Waals surface area contributed by atoms with Crippen molar-refractivity contribution in [2.75, 3.05) is 11.9 Å². The molecule has 9 heteroatoms. The summed E-state index contributed by atoms with van der Waals surface area (Å²) in [7, 11) is -3.71. The summed E-state index contributed by atoms with van der Waals surface area (Å²) in [6, 6.07) is 5.46. The van der Waals surface area contributed by atoms with E-state index < -0.39 is 16.1 Å². The molecular weight excluding hydrogens is 364 g/mol. The maximum atomic E-state index is 12.4. The molecule has 1 aromatic carbocycles. The zero-order valence-corrected chi connectivity index (χ0v) is 16.0. The Morgan fingerprint density at radius 3 is 2.72 bits per heavy atom. The lowest BCUT2D eigenvalue weighted by molar-refractivity contribution is -0.118. The molecule has 0 saturated heterocycles. The molecule has 1 heterocycles. The highest BCUT2D eigenvalue weighted by Gasteiger charge is 2.21. The van der Waals surface area contributed by atoms with Crippen LogP contribution in [-0.4, -0.2) is 32.7 Å². The predicted molar refractivity (Wildman–Crippen MR) is 102 cm³/mol. The number of carbonyl (C=O) groups excluding carboxylic acids is 1. The number of hydrogen-bond donors (Lipinski definition) is 3. The van der Waals surface area contributed by atoms with Gasteiger partial charge in [-0.1, -0.05) is 26.3 Å². The molecule has 25 heavy (non-hydrogen) atoms. The highest BCUT2D eigenvalue weighted by Crippen LogP contribution is 2.17. The molecule has 4 N–H and O–H groups in total. The van der Waals surface area contributed by atoms with Gasteiger partial charge in [0.05, 0.1) is 10.9 Å². The van der Waals surface area contributed by atoms with E-state index in [1.54, 1.807) is 12.1 Å². The minimum Gasteiger partial charge on any atom is -0.325 e. The molecule has 1 amide bonds. The Hall–Kier alpha value is -1.64. The maximum Gasteiger partial charge on any atom is 0.262 e. The summed E-state index contributed by atoms with van der Waals surface area (Å²) in [5, 5.41) is 2.68. The number of aliphatic imine (C=N–C) groups is 1. The zero-order valence-electron chi connectivity index (χ0n) is 14.4. The smallest absolute Gasteiger partial charge is 0.262 e. The number of nitrogens with zero attached hydrogens (tertiary/aromatic N) is 1. The zero-order chi connectivity index (χ0) is 17.7. The number of nitrogens with one attached hydrogen (secondary N) is 2. The number of nitrogens with two attached hydrogens (primary N) is 1. The van der Waals surface area contributed by atoms with Crippen molar-refractivity contribution >= 4 is 39.9 Å². The van der Waals surface area contributed by atoms with Crippen molar-refractivity contribution in [3.63, 3.8) is 0 Å². The molecule has 7 nitrogen and oxygen atoms in total. The predicted octanol–water partition coefficient (Wildman–Crippen LogP) is 1.89. The summed E-state index contributed by atoms with van der Waals surface area (Å²) >= 11 is 0. The molecule has 0 aromatic heterocycles. The first-order chi connectivity index (χ1) is 11.3. The minimum atomic E-state index is -3.71. The second-order valence-corrected chi connectivity index (χ2v) is 7.65. The topological polar surface area (TPSA) is 114 Å². The molecule has 1 aliphatic rings. The second kappa shape index (κ2) is 9.17. The molecule has 140 valence electrons. The van der Waals surface area contributed by atoms with Gasteiger partial charge in [0.1, 0.15) is 5.84 Å². The van der Waals surface area contributed by atoms with E-state index in [-0.39, 0.29) is 29.1 Å². The minimum absolute atomic E-state index is 0.